The van der Waals surface area contributed by atoms with Gasteiger partial charge in [0.25, 0.3) is 0 Å². The van der Waals surface area contributed by atoms with Crippen molar-refractivity contribution in [2.24, 2.45) is 5.92 Å². The van der Waals surface area contributed by atoms with E-state index in [-0.39, 0.29) is 5.41 Å². The van der Waals surface area contributed by atoms with Crippen LogP contribution in [0.3, 0.4) is 0 Å². The molecule has 2 rings (SSSR count). The molecule has 0 radical (unpaired) electrons. The average Bonchev–Trinajstić information content (AvgIpc) is 3.10. The van der Waals surface area contributed by atoms with Gasteiger partial charge in [0.2, 0.25) is 0 Å². The van der Waals surface area contributed by atoms with E-state index in [2.05, 4.69) is 30.0 Å². The Balaban J connectivity index is 2.22. The van der Waals surface area contributed by atoms with Crippen LogP contribution in [0.4, 0.5) is 10.5 Å². The SMILES string of the molecule is CC(C)(c1ccccc1NC(=O)N[S](C)(=O)=[W])C1CC1. The number of para-hydroxylation sites is 1. The van der Waals surface area contributed by atoms with Gasteiger partial charge < -0.3 is 0 Å². The minimum absolute atomic E-state index is 0.0506. The van der Waals surface area contributed by atoms with Crippen LogP contribution in [-0.4, -0.2) is 16.5 Å². The van der Waals surface area contributed by atoms with E-state index >= 15 is 0 Å². The summed E-state index contributed by atoms with van der Waals surface area (Å²) in [5.41, 5.74) is 2.00. The van der Waals surface area contributed by atoms with Crippen molar-refractivity contribution < 1.29 is 27.0 Å². The van der Waals surface area contributed by atoms with Gasteiger partial charge in [0.05, 0.1) is 0 Å². The number of carbonyl (C=O) groups excluding carboxylic acids is 1. The Morgan fingerprint density at radius 3 is 2.50 bits per heavy atom. The first kappa shape index (κ1) is 15.7. The zero-order chi connectivity index (χ0) is 15.0. The molecule has 0 heterocycles. The number of nitrogens with one attached hydrogen (secondary N) is 2. The molecule has 0 aliphatic heterocycles. The van der Waals surface area contributed by atoms with Crippen LogP contribution in [0.2, 0.25) is 0 Å². The van der Waals surface area contributed by atoms with E-state index in [9.17, 15) is 9.00 Å². The number of benzene rings is 1. The second-order valence-corrected chi connectivity index (χ2v) is 14.5. The molecule has 2 N–H and O–H groups in total. The molecule has 1 fully saturated rings. The van der Waals surface area contributed by atoms with Crippen LogP contribution in [0.25, 0.3) is 0 Å². The van der Waals surface area contributed by atoms with Crippen LogP contribution in [0, 0.1) is 5.92 Å². The molecule has 0 saturated heterocycles. The Bertz CT molecular complexity index is 622. The average molecular weight is 464 g/mol. The zero-order valence-corrected chi connectivity index (χ0v) is 15.7. The van der Waals surface area contributed by atoms with Crippen LogP contribution in [0.5, 0.6) is 0 Å². The summed E-state index contributed by atoms with van der Waals surface area (Å²) in [6.45, 7) is 4.44. The molecule has 0 aromatic heterocycles. The fraction of sp³-hybridized carbons (Fsp3) is 0.500. The van der Waals surface area contributed by atoms with E-state index < -0.39 is 13.3 Å². The summed E-state index contributed by atoms with van der Waals surface area (Å²) in [5, 5.41) is 2.84. The van der Waals surface area contributed by atoms with Crippen LogP contribution < -0.4 is 10.0 Å². The Morgan fingerprint density at radius 2 is 1.95 bits per heavy atom. The Kier molecular flexibility index (Phi) is 4.41. The normalized spacial score (nSPS) is 18.1. The second kappa shape index (κ2) is 5.61. The first-order valence-electron chi connectivity index (χ1n) is 6.58. The summed E-state index contributed by atoms with van der Waals surface area (Å²) in [4.78, 5) is 11.9. The summed E-state index contributed by atoms with van der Waals surface area (Å²) in [6.07, 6.45) is 4.03. The van der Waals surface area contributed by atoms with Gasteiger partial charge in [-0.25, -0.2) is 0 Å². The second-order valence-electron chi connectivity index (χ2n) is 5.87. The van der Waals surface area contributed by atoms with E-state index in [0.717, 1.165) is 29.2 Å². The van der Waals surface area contributed by atoms with Gasteiger partial charge in [0.15, 0.2) is 0 Å². The van der Waals surface area contributed by atoms with E-state index in [0.29, 0.717) is 5.92 Å². The van der Waals surface area contributed by atoms with E-state index in [1.54, 1.807) is 6.26 Å². The number of hydrogen-bond donors (Lipinski definition) is 2. The maximum atomic E-state index is 11.9. The molecule has 1 atom stereocenters. The van der Waals surface area contributed by atoms with Crippen molar-refractivity contribution >= 4 is 19.0 Å². The Hall–Kier alpha value is -0.672. The molecule has 4 nitrogen and oxygen atoms in total. The molecule has 1 aliphatic carbocycles. The fourth-order valence-corrected chi connectivity index (χ4v) is 3.70. The summed E-state index contributed by atoms with van der Waals surface area (Å²) >= 11 is 0.870. The number of amides is 2. The van der Waals surface area contributed by atoms with Crippen molar-refractivity contribution in [1.82, 2.24) is 4.72 Å². The molecule has 2 amide bonds. The first-order valence-corrected chi connectivity index (χ1v) is 12.1. The summed E-state index contributed by atoms with van der Waals surface area (Å²) in [5.74, 6) is 0.680. The molecule has 1 aromatic rings. The van der Waals surface area contributed by atoms with Gasteiger partial charge in [-0.15, -0.1) is 0 Å². The third-order valence-electron chi connectivity index (χ3n) is 3.75. The van der Waals surface area contributed by atoms with Crippen molar-refractivity contribution in [3.63, 3.8) is 0 Å². The molecule has 0 spiro atoms. The standard InChI is InChI=1S/C14H20N2O2S.W/c1-14(2,10-8-9-10)11-6-4-5-7-12(11)15-13(17)16-19(3)18;/h4-7,10H,8-9H2,1-3H3,(H2,15,16,17);. The monoisotopic (exact) mass is 464 g/mol. The number of hydrogen-bond acceptors (Lipinski definition) is 2. The van der Waals surface area contributed by atoms with Crippen LogP contribution in [-0.2, 0) is 30.7 Å². The number of urea groups is 1. The van der Waals surface area contributed by atoms with Crippen LogP contribution >= 0.6 is 0 Å². The zero-order valence-electron chi connectivity index (χ0n) is 11.9. The van der Waals surface area contributed by atoms with Crippen LogP contribution in [0.1, 0.15) is 32.3 Å². The molecular formula is C14H20N2O2SW. The van der Waals surface area contributed by atoms with Gasteiger partial charge in [-0.05, 0) is 0 Å². The van der Waals surface area contributed by atoms with E-state index in [1.807, 2.05) is 18.2 Å². The third-order valence-corrected chi connectivity index (χ3v) is 5.20. The quantitative estimate of drug-likeness (QED) is 0.721. The van der Waals surface area contributed by atoms with E-state index in [4.69, 9.17) is 0 Å². The van der Waals surface area contributed by atoms with E-state index in [1.165, 1.54) is 12.8 Å². The molecule has 20 heavy (non-hydrogen) atoms. The molecule has 110 valence electrons. The fourth-order valence-electron chi connectivity index (χ4n) is 2.50. The van der Waals surface area contributed by atoms with Crippen molar-refractivity contribution in [3.05, 3.63) is 29.8 Å². The van der Waals surface area contributed by atoms with Gasteiger partial charge in [-0.3, -0.25) is 0 Å². The molecule has 6 heteroatoms. The Labute approximate surface area is 130 Å². The maximum absolute atomic E-state index is 11.9. The van der Waals surface area contributed by atoms with Crippen molar-refractivity contribution in [2.45, 2.75) is 32.1 Å². The number of anilines is 1. The predicted octanol–water partition coefficient (Wildman–Crippen LogP) is 2.79. The van der Waals surface area contributed by atoms with Gasteiger partial charge in [-0.1, -0.05) is 0 Å². The molecule has 1 aromatic carbocycles. The first-order chi connectivity index (χ1) is 9.20. The molecule has 1 unspecified atom stereocenters. The van der Waals surface area contributed by atoms with Gasteiger partial charge in [0.1, 0.15) is 0 Å². The molecule has 0 bridgehead atoms. The topological polar surface area (TPSA) is 58.2 Å². The number of carbonyl (C=O) groups is 1. The van der Waals surface area contributed by atoms with Gasteiger partial charge in [0, 0.05) is 0 Å². The van der Waals surface area contributed by atoms with Crippen molar-refractivity contribution in [2.75, 3.05) is 11.6 Å². The molecule has 1 saturated carbocycles. The molecular weight excluding hydrogens is 444 g/mol. The van der Waals surface area contributed by atoms with Gasteiger partial charge >= 0.3 is 130 Å². The Morgan fingerprint density at radius 1 is 1.35 bits per heavy atom. The van der Waals surface area contributed by atoms with Crippen LogP contribution in [0.15, 0.2) is 24.3 Å². The van der Waals surface area contributed by atoms with Crippen molar-refractivity contribution in [3.8, 4) is 0 Å². The van der Waals surface area contributed by atoms with Gasteiger partial charge in [-0.2, -0.15) is 0 Å². The summed E-state index contributed by atoms with van der Waals surface area (Å²) in [6, 6.07) is 7.47. The summed E-state index contributed by atoms with van der Waals surface area (Å²) in [7, 11) is -2.22. The summed E-state index contributed by atoms with van der Waals surface area (Å²) < 4.78 is 14.2. The number of rotatable bonds is 4. The third kappa shape index (κ3) is 3.92. The minimum atomic E-state index is -2.22. The molecule has 1 aliphatic rings. The van der Waals surface area contributed by atoms with Crippen molar-refractivity contribution in [1.29, 1.82) is 0 Å². The predicted molar refractivity (Wildman–Crippen MR) is 78.4 cm³/mol.